The van der Waals surface area contributed by atoms with Gasteiger partial charge in [-0.25, -0.2) is 4.39 Å². The summed E-state index contributed by atoms with van der Waals surface area (Å²) < 4.78 is 23.6. The summed E-state index contributed by atoms with van der Waals surface area (Å²) in [6, 6.07) is 5.80. The van der Waals surface area contributed by atoms with Gasteiger partial charge in [0.15, 0.2) is 0 Å². The van der Waals surface area contributed by atoms with E-state index < -0.39 is 5.54 Å². The minimum Gasteiger partial charge on any atom is -0.491 e. The number of benzene rings is 1. The molecule has 1 N–H and O–H groups in total. The molecule has 5 heteroatoms. The first-order valence-corrected chi connectivity index (χ1v) is 6.69. The van der Waals surface area contributed by atoms with Crippen LogP contribution in [0, 0.1) is 5.82 Å². The highest BCUT2D eigenvalue weighted by molar-refractivity contribution is 5.80. The molecule has 0 amide bonds. The molecule has 0 bridgehead atoms. The molecule has 0 spiro atoms. The summed E-state index contributed by atoms with van der Waals surface area (Å²) in [6.07, 6.45) is 0.224. The van der Waals surface area contributed by atoms with E-state index in [1.165, 1.54) is 12.1 Å². The van der Waals surface area contributed by atoms with Crippen molar-refractivity contribution in [1.82, 2.24) is 5.32 Å². The third-order valence-corrected chi connectivity index (χ3v) is 3.12. The lowest BCUT2D eigenvalue weighted by atomic mass is 9.95. The molecule has 2 unspecified atom stereocenters. The number of nitrogens with one attached hydrogen (secondary N) is 1. The number of ether oxygens (including phenoxy) is 2. The van der Waals surface area contributed by atoms with Gasteiger partial charge in [-0.05, 0) is 52.1 Å². The Morgan fingerprint density at radius 3 is 2.50 bits per heavy atom. The first-order chi connectivity index (χ1) is 9.41. The van der Waals surface area contributed by atoms with E-state index in [-0.39, 0.29) is 17.9 Å². The maximum Gasteiger partial charge on any atom is 0.326 e. The topological polar surface area (TPSA) is 47.6 Å². The van der Waals surface area contributed by atoms with Gasteiger partial charge in [0.1, 0.15) is 17.1 Å². The summed E-state index contributed by atoms with van der Waals surface area (Å²) in [6.45, 7) is 5.74. The van der Waals surface area contributed by atoms with Crippen LogP contribution in [-0.2, 0) is 9.53 Å². The summed E-state index contributed by atoms with van der Waals surface area (Å²) in [7, 11) is 1.71. The molecule has 0 aromatic heterocycles. The van der Waals surface area contributed by atoms with Crippen molar-refractivity contribution in [2.75, 3.05) is 13.7 Å². The molecule has 0 saturated carbocycles. The van der Waals surface area contributed by atoms with Crippen molar-refractivity contribution in [3.63, 3.8) is 0 Å². The normalized spacial score (nSPS) is 15.2. The van der Waals surface area contributed by atoms with E-state index in [1.54, 1.807) is 33.0 Å². The Labute approximate surface area is 119 Å². The lowest BCUT2D eigenvalue weighted by Gasteiger charge is -2.29. The van der Waals surface area contributed by atoms with E-state index in [0.717, 1.165) is 0 Å². The average Bonchev–Trinajstić information content (AvgIpc) is 2.41. The molecule has 0 aliphatic rings. The van der Waals surface area contributed by atoms with Crippen LogP contribution in [0.1, 0.15) is 27.2 Å². The summed E-state index contributed by atoms with van der Waals surface area (Å²) in [5.74, 6) is -0.0464. The summed E-state index contributed by atoms with van der Waals surface area (Å²) in [5, 5.41) is 2.97. The molecular weight excluding hydrogens is 261 g/mol. The number of rotatable bonds is 7. The van der Waals surface area contributed by atoms with Crippen LogP contribution in [0.4, 0.5) is 4.39 Å². The zero-order chi connectivity index (χ0) is 15.2. The second kappa shape index (κ2) is 7.24. The SMILES string of the molecule is CCOC(=O)C(C)(CC(C)Oc1ccc(F)cc1)NC. The van der Waals surface area contributed by atoms with Gasteiger partial charge in [-0.15, -0.1) is 0 Å². The van der Waals surface area contributed by atoms with Crippen molar-refractivity contribution >= 4 is 5.97 Å². The van der Waals surface area contributed by atoms with E-state index in [2.05, 4.69) is 5.32 Å². The number of halogens is 1. The van der Waals surface area contributed by atoms with Crippen molar-refractivity contribution in [3.8, 4) is 5.75 Å². The Balaban J connectivity index is 2.65. The number of likely N-dealkylation sites (N-methyl/N-ethyl adjacent to an activating group) is 1. The van der Waals surface area contributed by atoms with Crippen LogP contribution in [0.25, 0.3) is 0 Å². The van der Waals surface area contributed by atoms with Crippen molar-refractivity contribution in [2.45, 2.75) is 38.8 Å². The molecule has 0 aliphatic heterocycles. The van der Waals surface area contributed by atoms with Crippen LogP contribution in [-0.4, -0.2) is 31.3 Å². The molecule has 20 heavy (non-hydrogen) atoms. The molecular formula is C15H22FNO3. The van der Waals surface area contributed by atoms with Crippen molar-refractivity contribution in [1.29, 1.82) is 0 Å². The highest BCUT2D eigenvalue weighted by Crippen LogP contribution is 2.19. The fourth-order valence-electron chi connectivity index (χ4n) is 1.94. The van der Waals surface area contributed by atoms with E-state index in [9.17, 15) is 9.18 Å². The third kappa shape index (κ3) is 4.49. The van der Waals surface area contributed by atoms with Gasteiger partial charge in [0.05, 0.1) is 12.7 Å². The smallest absolute Gasteiger partial charge is 0.326 e. The highest BCUT2D eigenvalue weighted by atomic mass is 19.1. The zero-order valence-electron chi connectivity index (χ0n) is 12.4. The van der Waals surface area contributed by atoms with E-state index in [4.69, 9.17) is 9.47 Å². The summed E-state index contributed by atoms with van der Waals surface area (Å²) in [4.78, 5) is 11.9. The molecule has 1 aromatic carbocycles. The van der Waals surface area contributed by atoms with Gasteiger partial charge in [0, 0.05) is 6.42 Å². The Bertz CT molecular complexity index is 435. The molecule has 2 atom stereocenters. The second-order valence-electron chi connectivity index (χ2n) is 4.89. The molecule has 0 radical (unpaired) electrons. The van der Waals surface area contributed by atoms with Crippen LogP contribution in [0.2, 0.25) is 0 Å². The van der Waals surface area contributed by atoms with Gasteiger partial charge in [-0.3, -0.25) is 4.79 Å². The minimum atomic E-state index is -0.810. The Kier molecular flexibility index (Phi) is 5.95. The average molecular weight is 283 g/mol. The van der Waals surface area contributed by atoms with Gasteiger partial charge in [-0.1, -0.05) is 0 Å². The van der Waals surface area contributed by atoms with Crippen LogP contribution >= 0.6 is 0 Å². The van der Waals surface area contributed by atoms with Crippen LogP contribution < -0.4 is 10.1 Å². The first-order valence-electron chi connectivity index (χ1n) is 6.69. The Hall–Kier alpha value is -1.62. The van der Waals surface area contributed by atoms with Gasteiger partial charge < -0.3 is 14.8 Å². The molecule has 0 aliphatic carbocycles. The second-order valence-corrected chi connectivity index (χ2v) is 4.89. The maximum atomic E-state index is 12.8. The number of hydrogen-bond acceptors (Lipinski definition) is 4. The van der Waals surface area contributed by atoms with Gasteiger partial charge >= 0.3 is 5.97 Å². The minimum absolute atomic E-state index is 0.220. The number of hydrogen-bond donors (Lipinski definition) is 1. The fourth-order valence-corrected chi connectivity index (χ4v) is 1.94. The van der Waals surface area contributed by atoms with Crippen LogP contribution in [0.5, 0.6) is 5.75 Å². The zero-order valence-corrected chi connectivity index (χ0v) is 12.4. The number of carbonyl (C=O) groups excluding carboxylic acids is 1. The van der Waals surface area contributed by atoms with E-state index >= 15 is 0 Å². The molecule has 1 rings (SSSR count). The van der Waals surface area contributed by atoms with Crippen LogP contribution in [0.3, 0.4) is 0 Å². The molecule has 0 fully saturated rings. The van der Waals surface area contributed by atoms with Gasteiger partial charge in [0.2, 0.25) is 0 Å². The van der Waals surface area contributed by atoms with Gasteiger partial charge in [0.25, 0.3) is 0 Å². The monoisotopic (exact) mass is 283 g/mol. The number of carbonyl (C=O) groups is 1. The van der Waals surface area contributed by atoms with Crippen molar-refractivity contribution in [3.05, 3.63) is 30.1 Å². The molecule has 4 nitrogen and oxygen atoms in total. The Morgan fingerprint density at radius 2 is 2.00 bits per heavy atom. The van der Waals surface area contributed by atoms with Crippen molar-refractivity contribution in [2.24, 2.45) is 0 Å². The van der Waals surface area contributed by atoms with Crippen LogP contribution in [0.15, 0.2) is 24.3 Å². The van der Waals surface area contributed by atoms with Gasteiger partial charge in [-0.2, -0.15) is 0 Å². The molecule has 0 heterocycles. The van der Waals surface area contributed by atoms with E-state index in [1.807, 2.05) is 6.92 Å². The standard InChI is InChI=1S/C15H22FNO3/c1-5-19-14(18)15(3,17-4)10-11(2)20-13-8-6-12(16)7-9-13/h6-9,11,17H,5,10H2,1-4H3. The summed E-state index contributed by atoms with van der Waals surface area (Å²) >= 11 is 0. The Morgan fingerprint density at radius 1 is 1.40 bits per heavy atom. The van der Waals surface area contributed by atoms with Crippen molar-refractivity contribution < 1.29 is 18.7 Å². The predicted molar refractivity (Wildman–Crippen MR) is 75.2 cm³/mol. The fraction of sp³-hybridized carbons (Fsp3) is 0.533. The molecule has 0 saturated heterocycles. The highest BCUT2D eigenvalue weighted by Gasteiger charge is 2.35. The molecule has 112 valence electrons. The lowest BCUT2D eigenvalue weighted by molar-refractivity contribution is -0.151. The third-order valence-electron chi connectivity index (χ3n) is 3.12. The lowest BCUT2D eigenvalue weighted by Crippen LogP contribution is -2.51. The quantitative estimate of drug-likeness (QED) is 0.781. The maximum absolute atomic E-state index is 12.8. The summed E-state index contributed by atoms with van der Waals surface area (Å²) in [5.41, 5.74) is -0.810. The van der Waals surface area contributed by atoms with E-state index in [0.29, 0.717) is 18.8 Å². The first kappa shape index (κ1) is 16.4. The largest absolute Gasteiger partial charge is 0.491 e. The number of esters is 1. The predicted octanol–water partition coefficient (Wildman–Crippen LogP) is 2.52. The molecule has 1 aromatic rings.